The van der Waals surface area contributed by atoms with E-state index in [1.165, 1.54) is 12.1 Å². The molecule has 92 valence electrons. The maximum Gasteiger partial charge on any atom is 0.273 e. The van der Waals surface area contributed by atoms with Gasteiger partial charge in [0.05, 0.1) is 16.4 Å². The zero-order chi connectivity index (χ0) is 12.4. The summed E-state index contributed by atoms with van der Waals surface area (Å²) < 4.78 is 10.8. The number of halogens is 1. The second kappa shape index (κ2) is 4.89. The van der Waals surface area contributed by atoms with Gasteiger partial charge in [0, 0.05) is 19.6 Å². The Kier molecular flexibility index (Phi) is 3.49. The molecule has 5 nitrogen and oxygen atoms in total. The number of rotatable bonds is 4. The molecule has 0 radical (unpaired) electrons. The molecule has 0 heterocycles. The number of hydrogen-bond acceptors (Lipinski definition) is 4. The highest BCUT2D eigenvalue weighted by Gasteiger charge is 2.42. The lowest BCUT2D eigenvalue weighted by atomic mass is 9.91. The molecule has 17 heavy (non-hydrogen) atoms. The number of alkyl halides is 1. The second-order valence-corrected chi connectivity index (χ2v) is 4.42. The van der Waals surface area contributed by atoms with Crippen molar-refractivity contribution < 1.29 is 14.4 Å². The highest BCUT2D eigenvalue weighted by Crippen LogP contribution is 2.33. The van der Waals surface area contributed by atoms with E-state index >= 15 is 0 Å². The van der Waals surface area contributed by atoms with Crippen LogP contribution in [0.1, 0.15) is 6.42 Å². The molecular weight excluding hydrogens is 246 g/mol. The van der Waals surface area contributed by atoms with Crippen molar-refractivity contribution in [2.24, 2.45) is 0 Å². The Balaban J connectivity index is 2.04. The molecule has 3 unspecified atom stereocenters. The van der Waals surface area contributed by atoms with Crippen molar-refractivity contribution in [3.8, 4) is 5.75 Å². The molecule has 0 N–H and O–H groups in total. The first kappa shape index (κ1) is 12.1. The SMILES string of the molecule is COC1C(Cl)CC1Oc1cccc([N+](=O)[O-])c1. The van der Waals surface area contributed by atoms with Gasteiger partial charge in [0.2, 0.25) is 0 Å². The van der Waals surface area contributed by atoms with Crippen LogP contribution in [0.3, 0.4) is 0 Å². The fourth-order valence-corrected chi connectivity index (χ4v) is 2.23. The van der Waals surface area contributed by atoms with Crippen LogP contribution in [0, 0.1) is 10.1 Å². The third-order valence-corrected chi connectivity index (χ3v) is 3.19. The van der Waals surface area contributed by atoms with E-state index in [-0.39, 0.29) is 23.3 Å². The number of nitrogens with zero attached hydrogens (tertiary/aromatic N) is 1. The zero-order valence-electron chi connectivity index (χ0n) is 9.21. The molecule has 1 saturated carbocycles. The van der Waals surface area contributed by atoms with Crippen molar-refractivity contribution >= 4 is 17.3 Å². The van der Waals surface area contributed by atoms with Crippen LogP contribution in [0.2, 0.25) is 0 Å². The Morgan fingerprint density at radius 3 is 2.88 bits per heavy atom. The summed E-state index contributed by atoms with van der Waals surface area (Å²) in [6.07, 6.45) is 0.392. The van der Waals surface area contributed by atoms with E-state index in [2.05, 4.69) is 0 Å². The third kappa shape index (κ3) is 2.50. The van der Waals surface area contributed by atoms with Gasteiger partial charge in [0.1, 0.15) is 18.0 Å². The van der Waals surface area contributed by atoms with Crippen LogP contribution in [0.25, 0.3) is 0 Å². The van der Waals surface area contributed by atoms with Crippen molar-refractivity contribution in [1.82, 2.24) is 0 Å². The number of nitro groups is 1. The predicted molar refractivity (Wildman–Crippen MR) is 62.6 cm³/mol. The van der Waals surface area contributed by atoms with Gasteiger partial charge in [-0.15, -0.1) is 11.6 Å². The van der Waals surface area contributed by atoms with Crippen molar-refractivity contribution in [3.05, 3.63) is 34.4 Å². The van der Waals surface area contributed by atoms with Gasteiger partial charge in [-0.1, -0.05) is 6.07 Å². The first-order chi connectivity index (χ1) is 8.11. The van der Waals surface area contributed by atoms with Gasteiger partial charge in [-0.05, 0) is 6.07 Å². The quantitative estimate of drug-likeness (QED) is 0.472. The maximum atomic E-state index is 10.6. The van der Waals surface area contributed by atoms with Gasteiger partial charge in [0.15, 0.2) is 0 Å². The number of nitro benzene ring substituents is 1. The van der Waals surface area contributed by atoms with E-state index in [0.717, 1.165) is 0 Å². The zero-order valence-corrected chi connectivity index (χ0v) is 9.96. The smallest absolute Gasteiger partial charge is 0.273 e. The van der Waals surface area contributed by atoms with E-state index in [1.54, 1.807) is 19.2 Å². The summed E-state index contributed by atoms with van der Waals surface area (Å²) in [4.78, 5) is 10.1. The molecule has 0 bridgehead atoms. The van der Waals surface area contributed by atoms with Crippen LogP contribution in [0.5, 0.6) is 5.75 Å². The summed E-state index contributed by atoms with van der Waals surface area (Å²) in [6, 6.07) is 6.09. The van der Waals surface area contributed by atoms with Crippen molar-refractivity contribution in [2.75, 3.05) is 7.11 Å². The predicted octanol–water partition coefficient (Wildman–Crippen LogP) is 2.37. The standard InChI is InChI=1S/C11H12ClNO4/c1-16-11-9(12)6-10(11)17-8-4-2-3-7(5-8)13(14)15/h2-5,9-11H,6H2,1H3. The molecule has 1 aromatic carbocycles. The number of methoxy groups -OCH3 is 1. The topological polar surface area (TPSA) is 61.6 Å². The third-order valence-electron chi connectivity index (χ3n) is 2.77. The van der Waals surface area contributed by atoms with E-state index in [9.17, 15) is 10.1 Å². The maximum absolute atomic E-state index is 10.6. The Labute approximate surface area is 103 Å². The normalized spacial score (nSPS) is 27.3. The highest BCUT2D eigenvalue weighted by molar-refractivity contribution is 6.21. The molecule has 3 atom stereocenters. The molecular formula is C11H12ClNO4. The van der Waals surface area contributed by atoms with E-state index in [4.69, 9.17) is 21.1 Å². The average molecular weight is 258 g/mol. The summed E-state index contributed by atoms with van der Waals surface area (Å²) in [6.45, 7) is 0. The highest BCUT2D eigenvalue weighted by atomic mass is 35.5. The van der Waals surface area contributed by atoms with Crippen molar-refractivity contribution in [1.29, 1.82) is 0 Å². The number of benzene rings is 1. The lowest BCUT2D eigenvalue weighted by molar-refractivity contribution is -0.385. The number of ether oxygens (including phenoxy) is 2. The lowest BCUT2D eigenvalue weighted by Crippen LogP contribution is -2.52. The molecule has 0 spiro atoms. The minimum absolute atomic E-state index is 0.0122. The monoisotopic (exact) mass is 257 g/mol. The Morgan fingerprint density at radius 1 is 1.53 bits per heavy atom. The fourth-order valence-electron chi connectivity index (χ4n) is 1.79. The molecule has 0 aliphatic heterocycles. The molecule has 0 amide bonds. The molecule has 6 heteroatoms. The Bertz CT molecular complexity index is 426. The summed E-state index contributed by atoms with van der Waals surface area (Å²) in [5, 5.41) is 10.5. The first-order valence-electron chi connectivity index (χ1n) is 5.20. The average Bonchev–Trinajstić information content (AvgIpc) is 2.29. The van der Waals surface area contributed by atoms with Crippen LogP contribution in [0.15, 0.2) is 24.3 Å². The first-order valence-corrected chi connectivity index (χ1v) is 5.63. The van der Waals surface area contributed by atoms with Crippen LogP contribution < -0.4 is 4.74 Å². The fraction of sp³-hybridized carbons (Fsp3) is 0.455. The number of hydrogen-bond donors (Lipinski definition) is 0. The van der Waals surface area contributed by atoms with Gasteiger partial charge in [-0.25, -0.2) is 0 Å². The second-order valence-electron chi connectivity index (χ2n) is 3.86. The molecule has 1 fully saturated rings. The lowest BCUT2D eigenvalue weighted by Gasteiger charge is -2.39. The summed E-state index contributed by atoms with van der Waals surface area (Å²) in [5.74, 6) is 0.467. The van der Waals surface area contributed by atoms with Gasteiger partial charge in [-0.3, -0.25) is 10.1 Å². The minimum atomic E-state index is -0.453. The van der Waals surface area contributed by atoms with Gasteiger partial charge in [-0.2, -0.15) is 0 Å². The van der Waals surface area contributed by atoms with E-state index in [1.807, 2.05) is 0 Å². The largest absolute Gasteiger partial charge is 0.487 e. The molecule has 1 aliphatic rings. The van der Waals surface area contributed by atoms with Crippen LogP contribution in [-0.4, -0.2) is 29.6 Å². The van der Waals surface area contributed by atoms with Crippen molar-refractivity contribution in [2.45, 2.75) is 24.0 Å². The Morgan fingerprint density at radius 2 is 2.29 bits per heavy atom. The molecule has 0 aromatic heterocycles. The van der Waals surface area contributed by atoms with Crippen molar-refractivity contribution in [3.63, 3.8) is 0 Å². The summed E-state index contributed by atoms with van der Waals surface area (Å²) in [5.41, 5.74) is 0.0122. The molecule has 2 rings (SSSR count). The number of non-ortho nitro benzene ring substituents is 1. The van der Waals surface area contributed by atoms with Crippen LogP contribution in [-0.2, 0) is 4.74 Å². The van der Waals surface area contributed by atoms with Gasteiger partial charge >= 0.3 is 0 Å². The van der Waals surface area contributed by atoms with Gasteiger partial charge < -0.3 is 9.47 Å². The molecule has 1 aliphatic carbocycles. The van der Waals surface area contributed by atoms with E-state index in [0.29, 0.717) is 12.2 Å². The summed E-state index contributed by atoms with van der Waals surface area (Å²) in [7, 11) is 1.57. The van der Waals surface area contributed by atoms with Crippen LogP contribution in [0.4, 0.5) is 5.69 Å². The Hall–Kier alpha value is -1.33. The molecule has 0 saturated heterocycles. The summed E-state index contributed by atoms with van der Waals surface area (Å²) >= 11 is 5.94. The van der Waals surface area contributed by atoms with Gasteiger partial charge in [0.25, 0.3) is 5.69 Å². The van der Waals surface area contributed by atoms with Crippen LogP contribution >= 0.6 is 11.6 Å². The van der Waals surface area contributed by atoms with E-state index < -0.39 is 4.92 Å². The molecule has 1 aromatic rings. The minimum Gasteiger partial charge on any atom is -0.487 e.